The van der Waals surface area contributed by atoms with E-state index in [2.05, 4.69) is 10.6 Å². The van der Waals surface area contributed by atoms with E-state index in [0.717, 1.165) is 48.5 Å². The summed E-state index contributed by atoms with van der Waals surface area (Å²) in [4.78, 5) is 25.3. The SMILES string of the molecule is CN[C@H](CNC(=O)c1cccc(C(OCCN(C)C(=O)O)c2cccc(Cl)c2)c1)CC1CCOCC1. The van der Waals surface area contributed by atoms with Gasteiger partial charge in [-0.2, -0.15) is 0 Å². The van der Waals surface area contributed by atoms with Crippen molar-refractivity contribution in [1.82, 2.24) is 15.5 Å². The second-order valence-corrected chi connectivity index (χ2v) is 9.56. The van der Waals surface area contributed by atoms with Crippen LogP contribution in [0.25, 0.3) is 0 Å². The van der Waals surface area contributed by atoms with E-state index in [1.807, 2.05) is 43.4 Å². The highest BCUT2D eigenvalue weighted by molar-refractivity contribution is 6.30. The fourth-order valence-corrected chi connectivity index (χ4v) is 4.51. The number of amides is 2. The largest absolute Gasteiger partial charge is 0.465 e. The standard InChI is InChI=1S/C27H36ClN3O5/c1-29-24(15-19-9-12-35-13-10-19)18-30-26(32)22-7-3-5-20(16-22)25(21-6-4-8-23(28)17-21)36-14-11-31(2)27(33)34/h3-8,16-17,19,24-25,29H,9-15,18H2,1-2H3,(H,30,32)(H,33,34)/t24-,25?/m0/s1. The minimum Gasteiger partial charge on any atom is -0.465 e. The molecule has 1 saturated heterocycles. The predicted octanol–water partition coefficient (Wildman–Crippen LogP) is 4.19. The van der Waals surface area contributed by atoms with Gasteiger partial charge in [0.15, 0.2) is 0 Å². The number of likely N-dealkylation sites (N-methyl/N-ethyl adjacent to an activating group) is 2. The molecule has 9 heteroatoms. The van der Waals surface area contributed by atoms with E-state index in [0.29, 0.717) is 23.0 Å². The third kappa shape index (κ3) is 8.48. The number of rotatable bonds is 12. The Morgan fingerprint density at radius 1 is 1.17 bits per heavy atom. The monoisotopic (exact) mass is 517 g/mol. The fourth-order valence-electron chi connectivity index (χ4n) is 4.31. The van der Waals surface area contributed by atoms with Gasteiger partial charge in [-0.3, -0.25) is 4.79 Å². The van der Waals surface area contributed by atoms with Gasteiger partial charge in [-0.1, -0.05) is 35.9 Å². The van der Waals surface area contributed by atoms with Crippen molar-refractivity contribution in [2.24, 2.45) is 5.92 Å². The summed E-state index contributed by atoms with van der Waals surface area (Å²) in [6.45, 7) is 2.55. The molecule has 0 spiro atoms. The molecular formula is C27H36ClN3O5. The molecule has 1 unspecified atom stereocenters. The summed E-state index contributed by atoms with van der Waals surface area (Å²) >= 11 is 6.22. The molecule has 196 valence electrons. The first-order valence-corrected chi connectivity index (χ1v) is 12.7. The molecule has 3 rings (SSSR count). The first kappa shape index (κ1) is 27.9. The van der Waals surface area contributed by atoms with Gasteiger partial charge in [0.25, 0.3) is 5.91 Å². The zero-order valence-electron chi connectivity index (χ0n) is 20.9. The van der Waals surface area contributed by atoms with E-state index in [9.17, 15) is 9.59 Å². The predicted molar refractivity (Wildman–Crippen MR) is 140 cm³/mol. The van der Waals surface area contributed by atoms with Crippen molar-refractivity contribution in [3.05, 3.63) is 70.2 Å². The van der Waals surface area contributed by atoms with Crippen LogP contribution in [0.1, 0.15) is 46.9 Å². The summed E-state index contributed by atoms with van der Waals surface area (Å²) in [7, 11) is 3.41. The average Bonchev–Trinajstić information content (AvgIpc) is 2.89. The lowest BCUT2D eigenvalue weighted by molar-refractivity contribution is 0.0605. The summed E-state index contributed by atoms with van der Waals surface area (Å²) in [5, 5.41) is 16.1. The minimum absolute atomic E-state index is 0.153. The quantitative estimate of drug-likeness (QED) is 0.390. The van der Waals surface area contributed by atoms with Crippen molar-refractivity contribution in [1.29, 1.82) is 0 Å². The van der Waals surface area contributed by atoms with Crippen LogP contribution in [0.4, 0.5) is 4.79 Å². The van der Waals surface area contributed by atoms with Crippen molar-refractivity contribution in [2.75, 3.05) is 47.0 Å². The lowest BCUT2D eigenvalue weighted by atomic mass is 9.92. The van der Waals surface area contributed by atoms with E-state index < -0.39 is 12.2 Å². The Kier molecular flexibility index (Phi) is 11.0. The zero-order valence-corrected chi connectivity index (χ0v) is 21.7. The maximum absolute atomic E-state index is 13.0. The molecule has 8 nitrogen and oxygen atoms in total. The van der Waals surface area contributed by atoms with Gasteiger partial charge in [-0.15, -0.1) is 0 Å². The molecule has 0 saturated carbocycles. The number of carboxylic acid groups (broad SMARTS) is 1. The second-order valence-electron chi connectivity index (χ2n) is 9.12. The average molecular weight is 518 g/mol. The highest BCUT2D eigenvalue weighted by Gasteiger charge is 2.21. The minimum atomic E-state index is -1.02. The Labute approximate surface area is 217 Å². The molecule has 1 aliphatic rings. The Hall–Kier alpha value is -2.65. The summed E-state index contributed by atoms with van der Waals surface area (Å²) in [5.74, 6) is 0.451. The number of carbonyl (C=O) groups is 2. The molecule has 0 radical (unpaired) electrons. The van der Waals surface area contributed by atoms with E-state index in [1.54, 1.807) is 12.1 Å². The molecular weight excluding hydrogens is 482 g/mol. The van der Waals surface area contributed by atoms with Crippen LogP contribution in [-0.2, 0) is 9.47 Å². The van der Waals surface area contributed by atoms with E-state index in [-0.39, 0.29) is 25.1 Å². The van der Waals surface area contributed by atoms with Crippen molar-refractivity contribution < 1.29 is 24.2 Å². The van der Waals surface area contributed by atoms with Gasteiger partial charge in [0.05, 0.1) is 6.61 Å². The van der Waals surface area contributed by atoms with Gasteiger partial charge < -0.3 is 30.1 Å². The number of halogens is 1. The Morgan fingerprint density at radius 3 is 2.53 bits per heavy atom. The molecule has 1 aliphatic heterocycles. The van der Waals surface area contributed by atoms with Crippen LogP contribution in [0.15, 0.2) is 48.5 Å². The van der Waals surface area contributed by atoms with Gasteiger partial charge in [0, 0.05) is 50.0 Å². The van der Waals surface area contributed by atoms with E-state index in [4.69, 9.17) is 26.2 Å². The fraction of sp³-hybridized carbons (Fsp3) is 0.481. The topological polar surface area (TPSA) is 100 Å². The third-order valence-electron chi connectivity index (χ3n) is 6.52. The Morgan fingerprint density at radius 2 is 1.86 bits per heavy atom. The molecule has 2 aromatic carbocycles. The molecule has 2 amide bonds. The molecule has 2 atom stereocenters. The van der Waals surface area contributed by atoms with Gasteiger partial charge in [0.2, 0.25) is 0 Å². The summed E-state index contributed by atoms with van der Waals surface area (Å²) in [5.41, 5.74) is 2.15. The van der Waals surface area contributed by atoms with E-state index >= 15 is 0 Å². The highest BCUT2D eigenvalue weighted by atomic mass is 35.5. The normalized spacial score (nSPS) is 15.8. The number of nitrogens with zero attached hydrogens (tertiary/aromatic N) is 1. The van der Waals surface area contributed by atoms with Crippen LogP contribution in [0.2, 0.25) is 5.02 Å². The molecule has 1 heterocycles. The summed E-state index contributed by atoms with van der Waals surface area (Å²) < 4.78 is 11.6. The molecule has 1 fully saturated rings. The van der Waals surface area contributed by atoms with Gasteiger partial charge in [-0.05, 0) is 67.6 Å². The molecule has 0 aromatic heterocycles. The highest BCUT2D eigenvalue weighted by Crippen LogP contribution is 2.28. The van der Waals surface area contributed by atoms with Crippen LogP contribution in [-0.4, -0.2) is 75.1 Å². The van der Waals surface area contributed by atoms with Gasteiger partial charge in [-0.25, -0.2) is 4.79 Å². The van der Waals surface area contributed by atoms with Gasteiger partial charge >= 0.3 is 6.09 Å². The molecule has 0 bridgehead atoms. The maximum Gasteiger partial charge on any atom is 0.407 e. The van der Waals surface area contributed by atoms with Crippen molar-refractivity contribution in [3.63, 3.8) is 0 Å². The lowest BCUT2D eigenvalue weighted by Crippen LogP contribution is -2.41. The van der Waals surface area contributed by atoms with Crippen LogP contribution >= 0.6 is 11.6 Å². The van der Waals surface area contributed by atoms with Crippen molar-refractivity contribution >= 4 is 23.6 Å². The summed E-state index contributed by atoms with van der Waals surface area (Å²) in [6, 6.07) is 14.8. The second kappa shape index (κ2) is 14.2. The third-order valence-corrected chi connectivity index (χ3v) is 6.75. The number of hydrogen-bond acceptors (Lipinski definition) is 5. The van der Waals surface area contributed by atoms with Crippen LogP contribution in [0, 0.1) is 5.92 Å². The van der Waals surface area contributed by atoms with Crippen molar-refractivity contribution in [3.8, 4) is 0 Å². The number of carbonyl (C=O) groups excluding carboxylic acids is 1. The smallest absolute Gasteiger partial charge is 0.407 e. The first-order valence-electron chi connectivity index (χ1n) is 12.3. The molecule has 3 N–H and O–H groups in total. The molecule has 36 heavy (non-hydrogen) atoms. The number of ether oxygens (including phenoxy) is 2. The lowest BCUT2D eigenvalue weighted by Gasteiger charge is -2.26. The number of nitrogens with one attached hydrogen (secondary N) is 2. The summed E-state index contributed by atoms with van der Waals surface area (Å²) in [6.07, 6.45) is 1.59. The first-order chi connectivity index (χ1) is 17.4. The Bertz CT molecular complexity index is 999. The van der Waals surface area contributed by atoms with E-state index in [1.165, 1.54) is 7.05 Å². The van der Waals surface area contributed by atoms with Crippen LogP contribution in [0.5, 0.6) is 0 Å². The number of benzene rings is 2. The molecule has 2 aromatic rings. The van der Waals surface area contributed by atoms with Crippen molar-refractivity contribution in [2.45, 2.75) is 31.4 Å². The van der Waals surface area contributed by atoms with Gasteiger partial charge in [0.1, 0.15) is 6.10 Å². The van der Waals surface area contributed by atoms with Crippen LogP contribution < -0.4 is 10.6 Å². The Balaban J connectivity index is 1.68. The number of hydrogen-bond donors (Lipinski definition) is 3. The maximum atomic E-state index is 13.0. The molecule has 0 aliphatic carbocycles. The van der Waals surface area contributed by atoms with Crippen LogP contribution in [0.3, 0.4) is 0 Å². The zero-order chi connectivity index (χ0) is 25.9.